The molecule has 1 aliphatic rings. The van der Waals surface area contributed by atoms with Crippen molar-refractivity contribution in [1.29, 1.82) is 0 Å². The number of rotatable bonds is 6. The second-order valence-electron chi connectivity index (χ2n) is 5.49. The van der Waals surface area contributed by atoms with Crippen LogP contribution in [0.25, 0.3) is 0 Å². The fourth-order valence-electron chi connectivity index (χ4n) is 2.20. The number of benzene rings is 1. The van der Waals surface area contributed by atoms with Gasteiger partial charge in [0, 0.05) is 16.3 Å². The summed E-state index contributed by atoms with van der Waals surface area (Å²) in [5.74, 6) is 0.443. The zero-order valence-corrected chi connectivity index (χ0v) is 13.5. The molecule has 1 heterocycles. The Morgan fingerprint density at radius 1 is 1.41 bits per heavy atom. The van der Waals surface area contributed by atoms with Crippen LogP contribution >= 0.6 is 22.9 Å². The summed E-state index contributed by atoms with van der Waals surface area (Å²) in [6.45, 7) is 0.420. The van der Waals surface area contributed by atoms with Crippen molar-refractivity contribution in [2.45, 2.75) is 37.8 Å². The van der Waals surface area contributed by atoms with Crippen LogP contribution in [-0.2, 0) is 11.3 Å². The summed E-state index contributed by atoms with van der Waals surface area (Å²) in [5, 5.41) is 16.4. The topological polar surface area (TPSA) is 62.2 Å². The summed E-state index contributed by atoms with van der Waals surface area (Å²) < 4.78 is 0. The first kappa shape index (κ1) is 15.5. The van der Waals surface area contributed by atoms with E-state index in [1.807, 2.05) is 0 Å². The maximum Gasteiger partial charge on any atom is 0.223 e. The van der Waals surface area contributed by atoms with Gasteiger partial charge in [0.2, 0.25) is 5.91 Å². The van der Waals surface area contributed by atoms with Crippen molar-refractivity contribution in [3.8, 4) is 0 Å². The van der Waals surface area contributed by atoms with Gasteiger partial charge in [-0.2, -0.15) is 0 Å². The third-order valence-electron chi connectivity index (χ3n) is 3.64. The van der Waals surface area contributed by atoms with Gasteiger partial charge in [0.15, 0.2) is 0 Å². The van der Waals surface area contributed by atoms with Crippen LogP contribution in [0.4, 0.5) is 0 Å². The van der Waals surface area contributed by atoms with Crippen molar-refractivity contribution in [2.75, 3.05) is 0 Å². The van der Waals surface area contributed by atoms with E-state index in [0.29, 0.717) is 23.0 Å². The lowest BCUT2D eigenvalue weighted by Gasteiger charge is -2.10. The van der Waals surface area contributed by atoms with E-state index in [9.17, 15) is 9.90 Å². The van der Waals surface area contributed by atoms with Crippen molar-refractivity contribution in [3.05, 3.63) is 50.9 Å². The molecule has 1 fully saturated rings. The van der Waals surface area contributed by atoms with Crippen LogP contribution in [0.3, 0.4) is 0 Å². The van der Waals surface area contributed by atoms with Gasteiger partial charge < -0.3 is 10.4 Å². The molecule has 6 heteroatoms. The molecule has 22 heavy (non-hydrogen) atoms. The van der Waals surface area contributed by atoms with Crippen LogP contribution in [0.2, 0.25) is 5.02 Å². The number of hydrogen-bond donors (Lipinski definition) is 2. The standard InChI is InChI=1S/C16H17ClN2O2S/c17-12-5-3-11(4-6-12)14(20)7-15(21)18-8-16-19-13(9-22-16)10-1-2-10/h3-6,9-10,14,20H,1-2,7-8H2,(H,18,21). The number of halogens is 1. The maximum absolute atomic E-state index is 11.9. The number of aliphatic hydroxyl groups excluding tert-OH is 1. The minimum atomic E-state index is -0.824. The van der Waals surface area contributed by atoms with Gasteiger partial charge in [0.1, 0.15) is 5.01 Å². The van der Waals surface area contributed by atoms with E-state index >= 15 is 0 Å². The molecule has 0 bridgehead atoms. The van der Waals surface area contributed by atoms with Crippen LogP contribution in [-0.4, -0.2) is 16.0 Å². The molecule has 1 atom stereocenters. The van der Waals surface area contributed by atoms with E-state index in [0.717, 1.165) is 10.7 Å². The number of carbonyl (C=O) groups excluding carboxylic acids is 1. The molecule has 4 nitrogen and oxygen atoms in total. The van der Waals surface area contributed by atoms with Gasteiger partial charge in [-0.1, -0.05) is 23.7 Å². The molecular weight excluding hydrogens is 320 g/mol. The Morgan fingerprint density at radius 3 is 2.82 bits per heavy atom. The number of aliphatic hydroxyl groups is 1. The summed E-state index contributed by atoms with van der Waals surface area (Å²) in [6, 6.07) is 6.85. The highest BCUT2D eigenvalue weighted by Gasteiger charge is 2.26. The Kier molecular flexibility index (Phi) is 4.76. The van der Waals surface area contributed by atoms with Crippen LogP contribution in [0.1, 0.15) is 47.5 Å². The van der Waals surface area contributed by atoms with Crippen molar-refractivity contribution in [2.24, 2.45) is 0 Å². The summed E-state index contributed by atoms with van der Waals surface area (Å²) in [6.07, 6.45) is 1.66. The average molecular weight is 337 g/mol. The van der Waals surface area contributed by atoms with E-state index in [1.54, 1.807) is 35.6 Å². The first-order valence-corrected chi connectivity index (χ1v) is 8.52. The second-order valence-corrected chi connectivity index (χ2v) is 6.87. The Hall–Kier alpha value is -1.43. The van der Waals surface area contributed by atoms with E-state index in [4.69, 9.17) is 11.6 Å². The minimum absolute atomic E-state index is 0.0302. The molecule has 1 aromatic carbocycles. The van der Waals surface area contributed by atoms with E-state index in [1.165, 1.54) is 12.8 Å². The SMILES string of the molecule is O=C(CC(O)c1ccc(Cl)cc1)NCc1nc(C2CC2)cs1. The predicted molar refractivity (Wildman–Crippen MR) is 87.0 cm³/mol. The van der Waals surface area contributed by atoms with Crippen molar-refractivity contribution in [3.63, 3.8) is 0 Å². The molecule has 0 spiro atoms. The Bertz CT molecular complexity index is 652. The zero-order valence-electron chi connectivity index (χ0n) is 12.0. The number of aromatic nitrogens is 1. The van der Waals surface area contributed by atoms with Gasteiger partial charge in [0.25, 0.3) is 0 Å². The fourth-order valence-corrected chi connectivity index (χ4v) is 3.14. The lowest BCUT2D eigenvalue weighted by atomic mass is 10.1. The number of nitrogens with one attached hydrogen (secondary N) is 1. The summed E-state index contributed by atoms with van der Waals surface area (Å²) in [7, 11) is 0. The number of carbonyl (C=O) groups is 1. The molecule has 2 N–H and O–H groups in total. The normalized spacial score (nSPS) is 15.5. The molecule has 2 aromatic rings. The van der Waals surface area contributed by atoms with Gasteiger partial charge in [0.05, 0.1) is 24.8 Å². The first-order chi connectivity index (χ1) is 10.6. The van der Waals surface area contributed by atoms with Crippen LogP contribution in [0.15, 0.2) is 29.6 Å². The summed E-state index contributed by atoms with van der Waals surface area (Å²) in [5.41, 5.74) is 1.83. The molecule has 0 saturated heterocycles. The quantitative estimate of drug-likeness (QED) is 0.849. The van der Waals surface area contributed by atoms with Gasteiger partial charge in [-0.05, 0) is 30.5 Å². The smallest absolute Gasteiger partial charge is 0.223 e. The third-order valence-corrected chi connectivity index (χ3v) is 4.75. The molecule has 0 aliphatic heterocycles. The molecule has 0 radical (unpaired) electrons. The molecule has 1 saturated carbocycles. The summed E-state index contributed by atoms with van der Waals surface area (Å²) in [4.78, 5) is 16.4. The predicted octanol–water partition coefficient (Wildman–Crippen LogP) is 3.41. The highest BCUT2D eigenvalue weighted by molar-refractivity contribution is 7.09. The van der Waals surface area contributed by atoms with Gasteiger partial charge in [-0.25, -0.2) is 4.98 Å². The second kappa shape index (κ2) is 6.77. The monoisotopic (exact) mass is 336 g/mol. The van der Waals surface area contributed by atoms with Gasteiger partial charge >= 0.3 is 0 Å². The molecular formula is C16H17ClN2O2S. The largest absolute Gasteiger partial charge is 0.388 e. The van der Waals surface area contributed by atoms with Crippen LogP contribution in [0, 0.1) is 0 Å². The lowest BCUT2D eigenvalue weighted by Crippen LogP contribution is -2.24. The van der Waals surface area contributed by atoms with Crippen LogP contribution in [0.5, 0.6) is 0 Å². The number of nitrogens with zero attached hydrogens (tertiary/aromatic N) is 1. The lowest BCUT2D eigenvalue weighted by molar-refractivity contribution is -0.123. The van der Waals surface area contributed by atoms with Crippen LogP contribution < -0.4 is 5.32 Å². The zero-order chi connectivity index (χ0) is 15.5. The van der Waals surface area contributed by atoms with Crippen molar-refractivity contribution < 1.29 is 9.90 Å². The molecule has 116 valence electrons. The van der Waals surface area contributed by atoms with Gasteiger partial charge in [-0.3, -0.25) is 4.79 Å². The Morgan fingerprint density at radius 2 is 2.14 bits per heavy atom. The van der Waals surface area contributed by atoms with E-state index in [-0.39, 0.29) is 12.3 Å². The minimum Gasteiger partial charge on any atom is -0.388 e. The van der Waals surface area contributed by atoms with E-state index < -0.39 is 6.10 Å². The molecule has 1 amide bonds. The fraction of sp³-hybridized carbons (Fsp3) is 0.375. The first-order valence-electron chi connectivity index (χ1n) is 7.26. The van der Waals surface area contributed by atoms with Crippen molar-refractivity contribution in [1.82, 2.24) is 10.3 Å². The number of amides is 1. The van der Waals surface area contributed by atoms with Crippen molar-refractivity contribution >= 4 is 28.8 Å². The number of hydrogen-bond acceptors (Lipinski definition) is 4. The van der Waals surface area contributed by atoms with E-state index in [2.05, 4.69) is 15.7 Å². The Balaban J connectivity index is 1.47. The van der Waals surface area contributed by atoms with Gasteiger partial charge in [-0.15, -0.1) is 11.3 Å². The molecule has 1 unspecified atom stereocenters. The maximum atomic E-state index is 11.9. The molecule has 1 aromatic heterocycles. The third kappa shape index (κ3) is 4.06. The Labute approximate surface area is 138 Å². The highest BCUT2D eigenvalue weighted by Crippen LogP contribution is 2.40. The number of thiazole rings is 1. The summed E-state index contributed by atoms with van der Waals surface area (Å²) >= 11 is 7.38. The molecule has 3 rings (SSSR count). The molecule has 1 aliphatic carbocycles. The highest BCUT2D eigenvalue weighted by atomic mass is 35.5. The average Bonchev–Trinajstić information content (AvgIpc) is 3.25.